The van der Waals surface area contributed by atoms with Gasteiger partial charge in [-0.25, -0.2) is 4.79 Å². The largest absolute Gasteiger partial charge is 0.459 e. The van der Waals surface area contributed by atoms with Crippen LogP contribution in [0.5, 0.6) is 0 Å². The van der Waals surface area contributed by atoms with Gasteiger partial charge in [0.2, 0.25) is 0 Å². The van der Waals surface area contributed by atoms with Crippen molar-refractivity contribution < 1.29 is 9.53 Å². The molecule has 20 heavy (non-hydrogen) atoms. The van der Waals surface area contributed by atoms with Crippen molar-refractivity contribution in [1.29, 1.82) is 0 Å². The molecule has 2 aromatic rings. The van der Waals surface area contributed by atoms with Gasteiger partial charge in [-0.2, -0.15) is 0 Å². The van der Waals surface area contributed by atoms with Crippen molar-refractivity contribution in [3.05, 3.63) is 36.2 Å². The van der Waals surface area contributed by atoms with E-state index in [-0.39, 0.29) is 12.1 Å². The summed E-state index contributed by atoms with van der Waals surface area (Å²) in [4.78, 5) is 20.4. The molecule has 0 N–H and O–H groups in total. The van der Waals surface area contributed by atoms with E-state index in [1.165, 1.54) is 0 Å². The zero-order valence-corrected chi connectivity index (χ0v) is 12.2. The molecule has 0 saturated carbocycles. The number of nitrogens with zero attached hydrogens (tertiary/aromatic N) is 2. The highest BCUT2D eigenvalue weighted by atomic mass is 16.5. The second-order valence-electron chi connectivity index (χ2n) is 5.45. The Morgan fingerprint density at radius 3 is 2.50 bits per heavy atom. The van der Waals surface area contributed by atoms with E-state index in [2.05, 4.69) is 23.8 Å². The van der Waals surface area contributed by atoms with Crippen LogP contribution in [0.25, 0.3) is 11.0 Å². The lowest BCUT2D eigenvalue weighted by Crippen LogP contribution is -2.15. The van der Waals surface area contributed by atoms with Crippen molar-refractivity contribution in [2.24, 2.45) is 5.92 Å². The first kappa shape index (κ1) is 14.4. The molecule has 2 rings (SSSR count). The Hall–Kier alpha value is -1.97. The number of carbonyl (C=O) groups is 1. The molecule has 1 aromatic heterocycles. The summed E-state index contributed by atoms with van der Waals surface area (Å²) in [5.74, 6) is 0.320. The lowest BCUT2D eigenvalue weighted by Gasteiger charge is -2.14. The van der Waals surface area contributed by atoms with Crippen molar-refractivity contribution in [3.8, 4) is 0 Å². The first-order valence-corrected chi connectivity index (χ1v) is 6.98. The van der Waals surface area contributed by atoms with Gasteiger partial charge in [-0.05, 0) is 43.9 Å². The maximum Gasteiger partial charge on any atom is 0.338 e. The number of esters is 1. The van der Waals surface area contributed by atoms with E-state index >= 15 is 0 Å². The van der Waals surface area contributed by atoms with Gasteiger partial charge >= 0.3 is 5.97 Å². The number of hydrogen-bond donors (Lipinski definition) is 0. The first-order chi connectivity index (χ1) is 9.56. The smallest absolute Gasteiger partial charge is 0.338 e. The Bertz CT molecular complexity index is 596. The second kappa shape index (κ2) is 6.46. The summed E-state index contributed by atoms with van der Waals surface area (Å²) >= 11 is 0. The highest BCUT2D eigenvalue weighted by Gasteiger charge is 2.13. The lowest BCUT2D eigenvalue weighted by atomic mass is 10.1. The van der Waals surface area contributed by atoms with E-state index in [0.29, 0.717) is 17.0 Å². The van der Waals surface area contributed by atoms with Crippen LogP contribution in [0.15, 0.2) is 30.6 Å². The zero-order valence-electron chi connectivity index (χ0n) is 12.2. The number of ether oxygens (including phenoxy) is 1. The number of rotatable bonds is 5. The van der Waals surface area contributed by atoms with E-state index in [4.69, 9.17) is 4.74 Å². The quantitative estimate of drug-likeness (QED) is 0.780. The van der Waals surface area contributed by atoms with Crippen LogP contribution in [0.1, 0.15) is 44.0 Å². The molecule has 4 heteroatoms. The van der Waals surface area contributed by atoms with Gasteiger partial charge in [-0.15, -0.1) is 0 Å². The molecule has 0 aliphatic carbocycles. The Balaban J connectivity index is 2.03. The Morgan fingerprint density at radius 1 is 1.10 bits per heavy atom. The standard InChI is InChI=1S/C16H20N2O2/c1-11(2)4-5-12(3)20-16(19)13-6-7-14-15(10-13)18-9-8-17-14/h6-12H,4-5H2,1-3H3. The molecule has 0 saturated heterocycles. The summed E-state index contributed by atoms with van der Waals surface area (Å²) in [5.41, 5.74) is 2.00. The van der Waals surface area contributed by atoms with Gasteiger partial charge < -0.3 is 4.74 Å². The van der Waals surface area contributed by atoms with Gasteiger partial charge in [0.25, 0.3) is 0 Å². The van der Waals surface area contributed by atoms with Crippen LogP contribution in [0.3, 0.4) is 0 Å². The van der Waals surface area contributed by atoms with Gasteiger partial charge in [-0.3, -0.25) is 9.97 Å². The average molecular weight is 272 g/mol. The molecular weight excluding hydrogens is 252 g/mol. The van der Waals surface area contributed by atoms with Crippen LogP contribution in [-0.2, 0) is 4.74 Å². The molecule has 1 heterocycles. The van der Waals surface area contributed by atoms with Gasteiger partial charge in [0.15, 0.2) is 0 Å². The summed E-state index contributed by atoms with van der Waals surface area (Å²) in [6.07, 6.45) is 5.12. The van der Waals surface area contributed by atoms with Gasteiger partial charge in [0.1, 0.15) is 0 Å². The zero-order chi connectivity index (χ0) is 14.5. The van der Waals surface area contributed by atoms with E-state index in [0.717, 1.165) is 18.4 Å². The molecule has 0 bridgehead atoms. The summed E-state index contributed by atoms with van der Waals surface area (Å²) in [7, 11) is 0. The molecular formula is C16H20N2O2. The second-order valence-corrected chi connectivity index (χ2v) is 5.45. The Kier molecular flexibility index (Phi) is 4.66. The third kappa shape index (κ3) is 3.76. The molecule has 0 spiro atoms. The summed E-state index contributed by atoms with van der Waals surface area (Å²) < 4.78 is 5.45. The minimum absolute atomic E-state index is 0.0672. The molecule has 0 aliphatic rings. The summed E-state index contributed by atoms with van der Waals surface area (Å²) in [6.45, 7) is 6.26. The van der Waals surface area contributed by atoms with Crippen LogP contribution >= 0.6 is 0 Å². The number of carbonyl (C=O) groups excluding carboxylic acids is 1. The van der Waals surface area contributed by atoms with E-state index in [1.807, 2.05) is 6.92 Å². The summed E-state index contributed by atoms with van der Waals surface area (Å²) in [5, 5.41) is 0. The number of fused-ring (bicyclic) bond motifs is 1. The maximum atomic E-state index is 12.1. The monoisotopic (exact) mass is 272 g/mol. The van der Waals surface area contributed by atoms with Crippen LogP contribution < -0.4 is 0 Å². The molecule has 0 radical (unpaired) electrons. The van der Waals surface area contributed by atoms with Crippen LogP contribution in [-0.4, -0.2) is 22.0 Å². The van der Waals surface area contributed by atoms with E-state index < -0.39 is 0 Å². The normalized spacial score (nSPS) is 12.6. The molecule has 1 unspecified atom stereocenters. The molecule has 4 nitrogen and oxygen atoms in total. The molecule has 0 amide bonds. The maximum absolute atomic E-state index is 12.1. The SMILES string of the molecule is CC(C)CCC(C)OC(=O)c1ccc2nccnc2c1. The van der Waals surface area contributed by atoms with Crippen LogP contribution in [0, 0.1) is 5.92 Å². The topological polar surface area (TPSA) is 52.1 Å². The first-order valence-electron chi connectivity index (χ1n) is 6.98. The fourth-order valence-electron chi connectivity index (χ4n) is 1.97. The Morgan fingerprint density at radius 2 is 1.80 bits per heavy atom. The van der Waals surface area contributed by atoms with Crippen LogP contribution in [0.4, 0.5) is 0 Å². The third-order valence-corrected chi connectivity index (χ3v) is 3.16. The fraction of sp³-hybridized carbons (Fsp3) is 0.438. The lowest BCUT2D eigenvalue weighted by molar-refractivity contribution is 0.0314. The van der Waals surface area contributed by atoms with E-state index in [1.54, 1.807) is 30.6 Å². The van der Waals surface area contributed by atoms with Gasteiger partial charge in [0.05, 0.1) is 22.7 Å². The highest BCUT2D eigenvalue weighted by molar-refractivity contribution is 5.93. The highest BCUT2D eigenvalue weighted by Crippen LogP contribution is 2.14. The van der Waals surface area contributed by atoms with Crippen molar-refractivity contribution in [1.82, 2.24) is 9.97 Å². The third-order valence-electron chi connectivity index (χ3n) is 3.16. The van der Waals surface area contributed by atoms with Crippen molar-refractivity contribution >= 4 is 17.0 Å². The molecule has 1 aromatic carbocycles. The van der Waals surface area contributed by atoms with Crippen molar-refractivity contribution in [2.45, 2.75) is 39.7 Å². The molecule has 106 valence electrons. The number of aromatic nitrogens is 2. The predicted octanol–water partition coefficient (Wildman–Crippen LogP) is 3.61. The Labute approximate surface area is 119 Å². The van der Waals surface area contributed by atoms with Gasteiger partial charge in [0, 0.05) is 12.4 Å². The summed E-state index contributed by atoms with van der Waals surface area (Å²) in [6, 6.07) is 5.24. The predicted molar refractivity (Wildman–Crippen MR) is 78.5 cm³/mol. The fourth-order valence-corrected chi connectivity index (χ4v) is 1.97. The van der Waals surface area contributed by atoms with Crippen molar-refractivity contribution in [3.63, 3.8) is 0 Å². The average Bonchev–Trinajstić information content (AvgIpc) is 2.44. The molecule has 1 atom stereocenters. The van der Waals surface area contributed by atoms with Gasteiger partial charge in [-0.1, -0.05) is 13.8 Å². The van der Waals surface area contributed by atoms with Crippen LogP contribution in [0.2, 0.25) is 0 Å². The number of benzene rings is 1. The molecule has 0 fully saturated rings. The number of hydrogen-bond acceptors (Lipinski definition) is 4. The van der Waals surface area contributed by atoms with E-state index in [9.17, 15) is 4.79 Å². The molecule has 0 aliphatic heterocycles. The minimum atomic E-state index is -0.297. The minimum Gasteiger partial charge on any atom is -0.459 e. The van der Waals surface area contributed by atoms with Crippen molar-refractivity contribution in [2.75, 3.05) is 0 Å².